The number of aromatic nitrogens is 2. The lowest BCUT2D eigenvalue weighted by Gasteiger charge is -2.14. The predicted molar refractivity (Wildman–Crippen MR) is 76.5 cm³/mol. The Morgan fingerprint density at radius 3 is 2.86 bits per heavy atom. The monoisotopic (exact) mass is 291 g/mol. The van der Waals surface area contributed by atoms with E-state index in [9.17, 15) is 14.7 Å². The molecule has 0 fully saturated rings. The summed E-state index contributed by atoms with van der Waals surface area (Å²) in [5, 5.41) is 21.5. The highest BCUT2D eigenvalue weighted by Crippen LogP contribution is 2.13. The van der Waals surface area contributed by atoms with Crippen molar-refractivity contribution in [3.8, 4) is 5.88 Å². The molecule has 112 valence electrons. The Labute approximate surface area is 120 Å². The zero-order chi connectivity index (χ0) is 15.6. The van der Waals surface area contributed by atoms with E-state index in [1.54, 1.807) is 26.0 Å². The number of carbonyl (C=O) groups excluding carboxylic acids is 1. The number of nitrogens with one attached hydrogen (secondary N) is 1. The first-order valence-corrected chi connectivity index (χ1v) is 6.62. The number of aryl methyl sites for hydroxylation is 1. The lowest BCUT2D eigenvalue weighted by molar-refractivity contribution is 0.0909. The van der Waals surface area contributed by atoms with E-state index in [1.165, 1.54) is 10.6 Å². The fourth-order valence-corrected chi connectivity index (χ4v) is 2.02. The molecule has 0 aliphatic rings. The average molecular weight is 291 g/mol. The molecule has 3 N–H and O–H groups in total. The lowest BCUT2D eigenvalue weighted by Crippen LogP contribution is -2.40. The van der Waals surface area contributed by atoms with E-state index in [2.05, 4.69) is 10.3 Å². The van der Waals surface area contributed by atoms with Crippen molar-refractivity contribution < 1.29 is 15.0 Å². The number of nitrogens with zero attached hydrogens (tertiary/aromatic N) is 2. The van der Waals surface area contributed by atoms with Crippen molar-refractivity contribution in [1.82, 2.24) is 14.7 Å². The number of rotatable bonds is 4. The van der Waals surface area contributed by atoms with Gasteiger partial charge in [0.15, 0.2) is 5.56 Å². The van der Waals surface area contributed by atoms with E-state index in [4.69, 9.17) is 5.11 Å². The van der Waals surface area contributed by atoms with Gasteiger partial charge in [0.1, 0.15) is 5.65 Å². The number of aliphatic hydroxyl groups excluding tert-OH is 1. The number of aromatic hydroxyl groups is 1. The van der Waals surface area contributed by atoms with Crippen molar-refractivity contribution >= 4 is 11.6 Å². The minimum Gasteiger partial charge on any atom is -0.493 e. The van der Waals surface area contributed by atoms with Crippen LogP contribution in [0.1, 0.15) is 29.3 Å². The van der Waals surface area contributed by atoms with Gasteiger partial charge in [-0.15, -0.1) is 0 Å². The molecule has 2 heterocycles. The number of pyridine rings is 1. The Balaban J connectivity index is 2.55. The van der Waals surface area contributed by atoms with Gasteiger partial charge in [0.25, 0.3) is 11.5 Å². The SMILES string of the molecule is CC[C@H](CO)NC(=O)c1c(O)nc2c(C)cccn2c1=O. The van der Waals surface area contributed by atoms with Crippen LogP contribution in [0.5, 0.6) is 5.88 Å². The maximum Gasteiger partial charge on any atom is 0.274 e. The fourth-order valence-electron chi connectivity index (χ4n) is 2.02. The van der Waals surface area contributed by atoms with Gasteiger partial charge < -0.3 is 15.5 Å². The molecule has 21 heavy (non-hydrogen) atoms. The largest absolute Gasteiger partial charge is 0.493 e. The van der Waals surface area contributed by atoms with Gasteiger partial charge in [-0.05, 0) is 25.0 Å². The number of hydrogen-bond donors (Lipinski definition) is 3. The van der Waals surface area contributed by atoms with Crippen molar-refractivity contribution in [1.29, 1.82) is 0 Å². The summed E-state index contributed by atoms with van der Waals surface area (Å²) in [5.41, 5.74) is -0.0686. The summed E-state index contributed by atoms with van der Waals surface area (Å²) in [7, 11) is 0. The highest BCUT2D eigenvalue weighted by molar-refractivity contribution is 5.96. The Morgan fingerprint density at radius 1 is 1.52 bits per heavy atom. The second-order valence-electron chi connectivity index (χ2n) is 4.76. The van der Waals surface area contributed by atoms with Gasteiger partial charge in [-0.2, -0.15) is 4.98 Å². The molecular weight excluding hydrogens is 274 g/mol. The molecule has 2 rings (SSSR count). The molecule has 0 aliphatic carbocycles. The summed E-state index contributed by atoms with van der Waals surface area (Å²) in [5.74, 6) is -1.36. The summed E-state index contributed by atoms with van der Waals surface area (Å²) in [4.78, 5) is 28.4. The van der Waals surface area contributed by atoms with Crippen LogP contribution in [0, 0.1) is 6.92 Å². The van der Waals surface area contributed by atoms with Crippen LogP contribution in [0.3, 0.4) is 0 Å². The quantitative estimate of drug-likeness (QED) is 0.747. The minimum atomic E-state index is -0.748. The zero-order valence-electron chi connectivity index (χ0n) is 11.8. The first-order valence-electron chi connectivity index (χ1n) is 6.62. The van der Waals surface area contributed by atoms with Gasteiger partial charge in [-0.25, -0.2) is 0 Å². The van der Waals surface area contributed by atoms with Crippen LogP contribution in [0.15, 0.2) is 23.1 Å². The number of carbonyl (C=O) groups is 1. The van der Waals surface area contributed by atoms with Crippen molar-refractivity contribution in [2.24, 2.45) is 0 Å². The fraction of sp³-hybridized carbons (Fsp3) is 0.357. The third-order valence-electron chi connectivity index (χ3n) is 3.31. The number of amides is 1. The van der Waals surface area contributed by atoms with Gasteiger partial charge in [0, 0.05) is 6.20 Å². The molecule has 1 amide bonds. The van der Waals surface area contributed by atoms with Gasteiger partial charge in [-0.1, -0.05) is 13.0 Å². The molecule has 0 unspecified atom stereocenters. The molecule has 0 saturated heterocycles. The van der Waals surface area contributed by atoms with Crippen LogP contribution in [0.25, 0.3) is 5.65 Å². The molecule has 2 aromatic heterocycles. The van der Waals surface area contributed by atoms with Crippen LogP contribution < -0.4 is 10.9 Å². The molecule has 0 aromatic carbocycles. The summed E-state index contributed by atoms with van der Waals surface area (Å²) in [6.45, 7) is 3.29. The van der Waals surface area contributed by atoms with E-state index in [0.29, 0.717) is 17.6 Å². The number of hydrogen-bond acceptors (Lipinski definition) is 5. The molecule has 7 heteroatoms. The predicted octanol–water partition coefficient (Wildman–Crippen LogP) is 0.209. The maximum atomic E-state index is 12.3. The molecule has 0 radical (unpaired) electrons. The van der Waals surface area contributed by atoms with Crippen molar-refractivity contribution in [3.05, 3.63) is 39.8 Å². The third-order valence-corrected chi connectivity index (χ3v) is 3.31. The smallest absolute Gasteiger partial charge is 0.274 e. The number of aliphatic hydroxyl groups is 1. The molecule has 1 atom stereocenters. The van der Waals surface area contributed by atoms with E-state index in [0.717, 1.165) is 0 Å². The third kappa shape index (κ3) is 2.73. The summed E-state index contributed by atoms with van der Waals surface area (Å²) in [6, 6.07) is 2.93. The van der Waals surface area contributed by atoms with E-state index in [-0.39, 0.29) is 6.61 Å². The molecule has 2 aromatic rings. The molecule has 7 nitrogen and oxygen atoms in total. The van der Waals surface area contributed by atoms with Crippen LogP contribution >= 0.6 is 0 Å². The number of fused-ring (bicyclic) bond motifs is 1. The Hall–Kier alpha value is -2.41. The zero-order valence-corrected chi connectivity index (χ0v) is 11.8. The Morgan fingerprint density at radius 2 is 2.24 bits per heavy atom. The van der Waals surface area contributed by atoms with Gasteiger partial charge >= 0.3 is 0 Å². The average Bonchev–Trinajstić information content (AvgIpc) is 2.46. The summed E-state index contributed by atoms with van der Waals surface area (Å²) >= 11 is 0. The lowest BCUT2D eigenvalue weighted by atomic mass is 10.2. The van der Waals surface area contributed by atoms with E-state index >= 15 is 0 Å². The molecule has 0 bridgehead atoms. The Kier molecular flexibility index (Phi) is 4.23. The topological polar surface area (TPSA) is 104 Å². The highest BCUT2D eigenvalue weighted by Gasteiger charge is 2.22. The Bertz CT molecular complexity index is 735. The standard InChI is InChI=1S/C14H17N3O4/c1-3-9(7-18)15-12(19)10-13(20)16-11-8(2)5-4-6-17(11)14(10)21/h4-6,9,18,20H,3,7H2,1-2H3,(H,15,19)/t9-/m1/s1. The van der Waals surface area contributed by atoms with Gasteiger partial charge in [0.05, 0.1) is 12.6 Å². The first-order chi connectivity index (χ1) is 9.99. The summed E-state index contributed by atoms with van der Waals surface area (Å²) in [6.07, 6.45) is 1.99. The summed E-state index contributed by atoms with van der Waals surface area (Å²) < 4.78 is 1.21. The first kappa shape index (κ1) is 15.0. The van der Waals surface area contributed by atoms with Gasteiger partial charge in [0.2, 0.25) is 5.88 Å². The normalized spacial score (nSPS) is 12.3. The highest BCUT2D eigenvalue weighted by atomic mass is 16.3. The molecule has 0 spiro atoms. The van der Waals surface area contributed by atoms with E-state index in [1.807, 2.05) is 0 Å². The van der Waals surface area contributed by atoms with Crippen LogP contribution in [0.2, 0.25) is 0 Å². The minimum absolute atomic E-state index is 0.246. The second kappa shape index (κ2) is 5.92. The van der Waals surface area contributed by atoms with Crippen LogP contribution in [0.4, 0.5) is 0 Å². The van der Waals surface area contributed by atoms with Crippen molar-refractivity contribution in [2.45, 2.75) is 26.3 Å². The van der Waals surface area contributed by atoms with Crippen molar-refractivity contribution in [3.63, 3.8) is 0 Å². The van der Waals surface area contributed by atoms with Crippen LogP contribution in [-0.4, -0.2) is 38.2 Å². The maximum absolute atomic E-state index is 12.3. The van der Waals surface area contributed by atoms with Gasteiger partial charge in [-0.3, -0.25) is 14.0 Å². The molecular formula is C14H17N3O4. The molecule has 0 saturated carbocycles. The molecule has 0 aliphatic heterocycles. The van der Waals surface area contributed by atoms with E-state index < -0.39 is 29.0 Å². The second-order valence-corrected chi connectivity index (χ2v) is 4.76. The van der Waals surface area contributed by atoms with Crippen LogP contribution in [-0.2, 0) is 0 Å². The van der Waals surface area contributed by atoms with Crippen molar-refractivity contribution in [2.75, 3.05) is 6.61 Å².